The van der Waals surface area contributed by atoms with Crippen LogP contribution in [0.15, 0.2) is 42.6 Å². The molecule has 0 fully saturated rings. The smallest absolute Gasteiger partial charge is 0.255 e. The summed E-state index contributed by atoms with van der Waals surface area (Å²) in [6, 6.07) is 11.4. The number of carbonyl (C=O) groups is 1. The van der Waals surface area contributed by atoms with Gasteiger partial charge in [0.15, 0.2) is 0 Å². The minimum absolute atomic E-state index is 0.000757. The first kappa shape index (κ1) is 15.0. The van der Waals surface area contributed by atoms with Gasteiger partial charge >= 0.3 is 0 Å². The molecule has 0 saturated heterocycles. The van der Waals surface area contributed by atoms with Crippen molar-refractivity contribution in [2.75, 3.05) is 13.7 Å². The van der Waals surface area contributed by atoms with Gasteiger partial charge in [0, 0.05) is 25.0 Å². The third kappa shape index (κ3) is 3.81. The van der Waals surface area contributed by atoms with Gasteiger partial charge in [0.05, 0.1) is 12.7 Å². The number of pyridine rings is 1. The van der Waals surface area contributed by atoms with Crippen LogP contribution in [0.25, 0.3) is 0 Å². The summed E-state index contributed by atoms with van der Waals surface area (Å²) >= 11 is 0. The van der Waals surface area contributed by atoms with Crippen LogP contribution in [0.2, 0.25) is 0 Å². The number of benzene rings is 1. The second kappa shape index (κ2) is 6.88. The van der Waals surface area contributed by atoms with Crippen molar-refractivity contribution in [1.82, 2.24) is 9.88 Å². The van der Waals surface area contributed by atoms with Gasteiger partial charge in [-0.1, -0.05) is 12.1 Å². The van der Waals surface area contributed by atoms with E-state index in [4.69, 9.17) is 4.74 Å². The largest absolute Gasteiger partial charge is 0.497 e. The van der Waals surface area contributed by atoms with E-state index in [0.717, 1.165) is 17.0 Å². The zero-order valence-electron chi connectivity index (χ0n) is 12.7. The number of ether oxygens (including phenoxy) is 1. The highest BCUT2D eigenvalue weighted by atomic mass is 16.5. The molecule has 0 aliphatic heterocycles. The molecule has 0 aliphatic carbocycles. The summed E-state index contributed by atoms with van der Waals surface area (Å²) in [6.07, 6.45) is 1.63. The van der Waals surface area contributed by atoms with E-state index in [-0.39, 0.29) is 5.91 Å². The lowest BCUT2D eigenvalue weighted by molar-refractivity contribution is 0.0752. The quantitative estimate of drug-likeness (QED) is 0.847. The molecule has 1 amide bonds. The molecular weight excluding hydrogens is 264 g/mol. The lowest BCUT2D eigenvalue weighted by Crippen LogP contribution is -2.30. The van der Waals surface area contributed by atoms with Crippen LogP contribution in [-0.2, 0) is 6.54 Å². The second-order valence-corrected chi connectivity index (χ2v) is 4.86. The van der Waals surface area contributed by atoms with Crippen molar-refractivity contribution in [3.05, 3.63) is 59.4 Å². The summed E-state index contributed by atoms with van der Waals surface area (Å²) in [5.41, 5.74) is 2.60. The molecule has 4 nitrogen and oxygen atoms in total. The SMILES string of the molecule is CCN(Cc1ccc(OC)cc1)C(=O)c1ccc(C)nc1. The normalized spacial score (nSPS) is 10.2. The summed E-state index contributed by atoms with van der Waals surface area (Å²) in [5.74, 6) is 0.816. The average molecular weight is 284 g/mol. The highest BCUT2D eigenvalue weighted by Crippen LogP contribution is 2.14. The molecule has 0 saturated carbocycles. The number of methoxy groups -OCH3 is 1. The van der Waals surface area contributed by atoms with Crippen LogP contribution in [0.3, 0.4) is 0 Å². The number of hydrogen-bond donors (Lipinski definition) is 0. The van der Waals surface area contributed by atoms with E-state index < -0.39 is 0 Å². The molecule has 0 spiro atoms. The van der Waals surface area contributed by atoms with E-state index in [1.165, 1.54) is 0 Å². The van der Waals surface area contributed by atoms with Gasteiger partial charge in [-0.2, -0.15) is 0 Å². The van der Waals surface area contributed by atoms with Crippen molar-refractivity contribution in [3.8, 4) is 5.75 Å². The molecule has 2 rings (SSSR count). The average Bonchev–Trinajstić information content (AvgIpc) is 2.53. The van der Waals surface area contributed by atoms with Crippen molar-refractivity contribution in [2.24, 2.45) is 0 Å². The van der Waals surface area contributed by atoms with Crippen LogP contribution in [0.4, 0.5) is 0 Å². The zero-order chi connectivity index (χ0) is 15.2. The fraction of sp³-hybridized carbons (Fsp3) is 0.294. The maximum atomic E-state index is 12.5. The number of rotatable bonds is 5. The van der Waals surface area contributed by atoms with Gasteiger partial charge in [-0.15, -0.1) is 0 Å². The fourth-order valence-corrected chi connectivity index (χ4v) is 2.06. The van der Waals surface area contributed by atoms with Crippen LogP contribution < -0.4 is 4.74 Å². The molecule has 0 aliphatic rings. The van der Waals surface area contributed by atoms with Crippen molar-refractivity contribution in [2.45, 2.75) is 20.4 Å². The molecule has 0 bridgehead atoms. The molecule has 0 unspecified atom stereocenters. The topological polar surface area (TPSA) is 42.4 Å². The van der Waals surface area contributed by atoms with Crippen molar-refractivity contribution >= 4 is 5.91 Å². The number of hydrogen-bond acceptors (Lipinski definition) is 3. The Morgan fingerprint density at radius 1 is 1.19 bits per heavy atom. The summed E-state index contributed by atoms with van der Waals surface area (Å²) < 4.78 is 5.14. The van der Waals surface area contributed by atoms with E-state index in [1.54, 1.807) is 18.2 Å². The van der Waals surface area contributed by atoms with Crippen LogP contribution in [0.1, 0.15) is 28.5 Å². The first-order chi connectivity index (χ1) is 10.1. The molecule has 1 aromatic carbocycles. The van der Waals surface area contributed by atoms with Crippen molar-refractivity contribution < 1.29 is 9.53 Å². The van der Waals surface area contributed by atoms with Crippen LogP contribution in [0.5, 0.6) is 5.75 Å². The molecule has 2 aromatic rings. The van der Waals surface area contributed by atoms with E-state index in [2.05, 4.69) is 4.98 Å². The van der Waals surface area contributed by atoms with Gasteiger partial charge in [0.1, 0.15) is 5.75 Å². The minimum atomic E-state index is 0.000757. The highest BCUT2D eigenvalue weighted by Gasteiger charge is 2.14. The Kier molecular flexibility index (Phi) is 4.93. The third-order valence-corrected chi connectivity index (χ3v) is 3.36. The summed E-state index contributed by atoms with van der Waals surface area (Å²) in [4.78, 5) is 18.5. The maximum absolute atomic E-state index is 12.5. The van der Waals surface area contributed by atoms with Crippen molar-refractivity contribution in [1.29, 1.82) is 0 Å². The number of aryl methyl sites for hydroxylation is 1. The van der Waals surface area contributed by atoms with Gasteiger partial charge in [0.2, 0.25) is 0 Å². The third-order valence-electron chi connectivity index (χ3n) is 3.36. The first-order valence-electron chi connectivity index (χ1n) is 6.99. The molecule has 1 aromatic heterocycles. The van der Waals surface area contributed by atoms with E-state index in [9.17, 15) is 4.79 Å². The highest BCUT2D eigenvalue weighted by molar-refractivity contribution is 5.93. The van der Waals surface area contributed by atoms with Gasteiger partial charge in [0.25, 0.3) is 5.91 Å². The minimum Gasteiger partial charge on any atom is -0.497 e. The van der Waals surface area contributed by atoms with Crippen LogP contribution >= 0.6 is 0 Å². The molecule has 1 heterocycles. The van der Waals surface area contributed by atoms with Gasteiger partial charge in [-0.25, -0.2) is 0 Å². The van der Waals surface area contributed by atoms with Crippen molar-refractivity contribution in [3.63, 3.8) is 0 Å². The Morgan fingerprint density at radius 3 is 2.43 bits per heavy atom. The van der Waals surface area contributed by atoms with Crippen LogP contribution in [0, 0.1) is 6.92 Å². The molecular formula is C17H20N2O2. The molecule has 0 radical (unpaired) electrons. The van der Waals surface area contributed by atoms with Crippen LogP contribution in [-0.4, -0.2) is 29.4 Å². The number of aromatic nitrogens is 1. The first-order valence-corrected chi connectivity index (χ1v) is 6.99. The van der Waals surface area contributed by atoms with E-state index >= 15 is 0 Å². The Labute approximate surface area is 125 Å². The molecule has 4 heteroatoms. The molecule has 0 N–H and O–H groups in total. The Hall–Kier alpha value is -2.36. The van der Waals surface area contributed by atoms with Gasteiger partial charge in [-0.3, -0.25) is 9.78 Å². The molecule has 110 valence electrons. The molecule has 21 heavy (non-hydrogen) atoms. The van der Waals surface area contributed by atoms with Gasteiger partial charge in [-0.05, 0) is 43.7 Å². The van der Waals surface area contributed by atoms with E-state index in [0.29, 0.717) is 18.7 Å². The molecule has 0 atom stereocenters. The predicted molar refractivity (Wildman–Crippen MR) is 82.4 cm³/mol. The van der Waals surface area contributed by atoms with E-state index in [1.807, 2.05) is 50.2 Å². The monoisotopic (exact) mass is 284 g/mol. The Bertz CT molecular complexity index is 591. The Morgan fingerprint density at radius 2 is 1.90 bits per heavy atom. The standard InChI is InChI=1S/C17H20N2O2/c1-4-19(12-14-6-9-16(21-3)10-7-14)17(20)15-8-5-13(2)18-11-15/h5-11H,4,12H2,1-3H3. The predicted octanol–water partition coefficient (Wildman–Crippen LogP) is 3.06. The summed E-state index contributed by atoms with van der Waals surface area (Å²) in [6.45, 7) is 5.11. The number of nitrogens with zero attached hydrogens (tertiary/aromatic N) is 2. The number of amides is 1. The fourth-order valence-electron chi connectivity index (χ4n) is 2.06. The second-order valence-electron chi connectivity index (χ2n) is 4.86. The Balaban J connectivity index is 2.11. The lowest BCUT2D eigenvalue weighted by atomic mass is 10.1. The zero-order valence-corrected chi connectivity index (χ0v) is 12.7. The van der Waals surface area contributed by atoms with Gasteiger partial charge < -0.3 is 9.64 Å². The summed E-state index contributed by atoms with van der Waals surface area (Å²) in [5, 5.41) is 0. The lowest BCUT2D eigenvalue weighted by Gasteiger charge is -2.21. The number of carbonyl (C=O) groups excluding carboxylic acids is 1. The maximum Gasteiger partial charge on any atom is 0.255 e. The summed E-state index contributed by atoms with van der Waals surface area (Å²) in [7, 11) is 1.64.